The van der Waals surface area contributed by atoms with Crippen molar-refractivity contribution in [2.75, 3.05) is 28.3 Å². The maximum atomic E-state index is 12.5. The lowest BCUT2D eigenvalue weighted by Crippen LogP contribution is -2.35. The van der Waals surface area contributed by atoms with Gasteiger partial charge in [-0.15, -0.1) is 0 Å². The number of rotatable bonds is 7. The molecule has 160 valence electrons. The van der Waals surface area contributed by atoms with Crippen LogP contribution in [0.2, 0.25) is 0 Å². The van der Waals surface area contributed by atoms with Gasteiger partial charge in [0.1, 0.15) is 5.75 Å². The molecule has 2 aromatic carbocycles. The zero-order valence-corrected chi connectivity index (χ0v) is 18.5. The fourth-order valence-electron chi connectivity index (χ4n) is 3.97. The molecule has 1 aliphatic rings. The van der Waals surface area contributed by atoms with Crippen LogP contribution in [0, 0.1) is 20.8 Å². The van der Waals surface area contributed by atoms with Gasteiger partial charge in [0, 0.05) is 24.3 Å². The van der Waals surface area contributed by atoms with Crippen LogP contribution in [-0.2, 0) is 25.8 Å². The number of sulfone groups is 1. The predicted molar refractivity (Wildman–Crippen MR) is 120 cm³/mol. The lowest BCUT2D eigenvalue weighted by molar-refractivity contribution is -0.116. The van der Waals surface area contributed by atoms with E-state index in [0.29, 0.717) is 6.54 Å². The average Bonchev–Trinajstić information content (AvgIpc) is 3.08. The number of hydrogen-bond donors (Lipinski definition) is 1. The largest absolute Gasteiger partial charge is 0.326 e. The van der Waals surface area contributed by atoms with Gasteiger partial charge in [-0.1, -0.05) is 35.9 Å². The van der Waals surface area contributed by atoms with Crippen molar-refractivity contribution in [2.24, 2.45) is 0 Å². The summed E-state index contributed by atoms with van der Waals surface area (Å²) < 4.78 is 24.8. The summed E-state index contributed by atoms with van der Waals surface area (Å²) in [7, 11) is -3.58. The van der Waals surface area contributed by atoms with Gasteiger partial charge in [0.05, 0.1) is 5.75 Å². The molecule has 7 heteroatoms. The summed E-state index contributed by atoms with van der Waals surface area (Å²) >= 11 is 0. The van der Waals surface area contributed by atoms with E-state index in [2.05, 4.69) is 5.32 Å². The molecule has 0 bridgehead atoms. The smallest absolute Gasteiger partial charge is 0.242 e. The number of benzene rings is 2. The Hall–Kier alpha value is -2.67. The van der Waals surface area contributed by atoms with Crippen molar-refractivity contribution in [3.05, 3.63) is 58.7 Å². The lowest BCUT2D eigenvalue weighted by Gasteiger charge is -2.17. The number of carbonyl (C=O) groups is 2. The third kappa shape index (κ3) is 5.27. The quantitative estimate of drug-likeness (QED) is 0.733. The summed E-state index contributed by atoms with van der Waals surface area (Å²) in [6.45, 7) is 6.37. The van der Waals surface area contributed by atoms with Gasteiger partial charge < -0.3 is 10.2 Å². The fraction of sp³-hybridized carbons (Fsp3) is 0.391. The van der Waals surface area contributed by atoms with Crippen LogP contribution in [0.4, 0.5) is 11.4 Å². The molecule has 30 heavy (non-hydrogen) atoms. The molecule has 1 N–H and O–H groups in total. The molecule has 0 aromatic heterocycles. The number of amides is 2. The number of carbonyl (C=O) groups excluding carboxylic acids is 2. The number of anilines is 2. The van der Waals surface area contributed by atoms with E-state index < -0.39 is 21.5 Å². The highest BCUT2D eigenvalue weighted by Crippen LogP contribution is 2.27. The first kappa shape index (κ1) is 22.0. The van der Waals surface area contributed by atoms with E-state index in [0.717, 1.165) is 40.0 Å². The molecule has 0 saturated heterocycles. The van der Waals surface area contributed by atoms with E-state index in [1.807, 2.05) is 57.2 Å². The third-order valence-corrected chi connectivity index (χ3v) is 6.93. The summed E-state index contributed by atoms with van der Waals surface area (Å²) in [6.07, 6.45) is 1.01. The van der Waals surface area contributed by atoms with Crippen LogP contribution in [0.3, 0.4) is 0 Å². The van der Waals surface area contributed by atoms with Gasteiger partial charge in [-0.2, -0.15) is 0 Å². The van der Waals surface area contributed by atoms with Gasteiger partial charge in [-0.3, -0.25) is 9.59 Å². The summed E-state index contributed by atoms with van der Waals surface area (Å²) in [5.41, 5.74) is 5.70. The highest BCUT2D eigenvalue weighted by Gasteiger charge is 2.27. The molecule has 1 aliphatic heterocycles. The second-order valence-corrected chi connectivity index (χ2v) is 10.1. The molecule has 2 amide bonds. The standard InChI is InChI=1S/C23H28N2O4S/c1-16-13-17(2)23(18(3)14-16)24-21(26)9-6-12-30(28,29)15-22(27)25-11-10-19-7-4-5-8-20(19)25/h4-5,7-8,13-14H,6,9-12,15H2,1-3H3,(H,24,26). The normalized spacial score (nSPS) is 13.2. The van der Waals surface area contributed by atoms with Crippen LogP contribution in [0.25, 0.3) is 0 Å². The second kappa shape index (κ2) is 9.00. The van der Waals surface area contributed by atoms with E-state index in [-0.39, 0.29) is 24.5 Å². The fourth-order valence-corrected chi connectivity index (χ4v) is 5.23. The van der Waals surface area contributed by atoms with Crippen molar-refractivity contribution in [1.82, 2.24) is 0 Å². The van der Waals surface area contributed by atoms with Crippen LogP contribution in [0.1, 0.15) is 35.1 Å². The Bertz CT molecular complexity index is 1050. The maximum Gasteiger partial charge on any atom is 0.242 e. The number of aryl methyl sites for hydroxylation is 3. The molecule has 0 aliphatic carbocycles. The van der Waals surface area contributed by atoms with Crippen LogP contribution >= 0.6 is 0 Å². The summed E-state index contributed by atoms with van der Waals surface area (Å²) in [4.78, 5) is 26.4. The summed E-state index contributed by atoms with van der Waals surface area (Å²) in [5.74, 6) is -1.34. The Balaban J connectivity index is 1.51. The SMILES string of the molecule is Cc1cc(C)c(NC(=O)CCCS(=O)(=O)CC(=O)N2CCc3ccccc32)c(C)c1. The molecule has 0 saturated carbocycles. The van der Waals surface area contributed by atoms with Crippen LogP contribution in [0.5, 0.6) is 0 Å². The van der Waals surface area contributed by atoms with E-state index in [1.54, 1.807) is 4.90 Å². The van der Waals surface area contributed by atoms with Crippen molar-refractivity contribution in [3.63, 3.8) is 0 Å². The highest BCUT2D eigenvalue weighted by atomic mass is 32.2. The number of hydrogen-bond acceptors (Lipinski definition) is 4. The first-order chi connectivity index (χ1) is 14.2. The van der Waals surface area contributed by atoms with Gasteiger partial charge in [-0.25, -0.2) is 8.42 Å². The Morgan fingerprint density at radius 2 is 1.73 bits per heavy atom. The van der Waals surface area contributed by atoms with E-state index >= 15 is 0 Å². The minimum atomic E-state index is -3.58. The molecule has 2 aromatic rings. The Morgan fingerprint density at radius 1 is 1.07 bits per heavy atom. The molecule has 3 rings (SSSR count). The average molecular weight is 429 g/mol. The monoisotopic (exact) mass is 428 g/mol. The molecule has 0 fully saturated rings. The van der Waals surface area contributed by atoms with Crippen molar-refractivity contribution in [2.45, 2.75) is 40.0 Å². The van der Waals surface area contributed by atoms with Crippen molar-refractivity contribution < 1.29 is 18.0 Å². The van der Waals surface area contributed by atoms with Gasteiger partial charge >= 0.3 is 0 Å². The lowest BCUT2D eigenvalue weighted by atomic mass is 10.0. The number of nitrogens with zero attached hydrogens (tertiary/aromatic N) is 1. The van der Waals surface area contributed by atoms with Crippen molar-refractivity contribution in [1.29, 1.82) is 0 Å². The predicted octanol–water partition coefficient (Wildman–Crippen LogP) is 3.33. The highest BCUT2D eigenvalue weighted by molar-refractivity contribution is 7.92. The van der Waals surface area contributed by atoms with Crippen LogP contribution < -0.4 is 10.2 Å². The number of fused-ring (bicyclic) bond motifs is 1. The number of para-hydroxylation sites is 1. The van der Waals surface area contributed by atoms with Crippen molar-refractivity contribution >= 4 is 33.0 Å². The molecular formula is C23H28N2O4S. The Morgan fingerprint density at radius 3 is 2.43 bits per heavy atom. The van der Waals surface area contributed by atoms with Gasteiger partial charge in [0.25, 0.3) is 0 Å². The van der Waals surface area contributed by atoms with E-state index in [9.17, 15) is 18.0 Å². The van der Waals surface area contributed by atoms with Gasteiger partial charge in [0.15, 0.2) is 9.84 Å². The van der Waals surface area contributed by atoms with Crippen LogP contribution in [-0.4, -0.2) is 38.3 Å². The topological polar surface area (TPSA) is 83.5 Å². The van der Waals surface area contributed by atoms with Gasteiger partial charge in [0.2, 0.25) is 11.8 Å². The van der Waals surface area contributed by atoms with E-state index in [4.69, 9.17) is 0 Å². The first-order valence-corrected chi connectivity index (χ1v) is 11.9. The minimum Gasteiger partial charge on any atom is -0.326 e. The molecular weight excluding hydrogens is 400 g/mol. The number of nitrogens with one attached hydrogen (secondary N) is 1. The molecule has 1 heterocycles. The molecule has 6 nitrogen and oxygen atoms in total. The zero-order valence-electron chi connectivity index (χ0n) is 17.7. The third-order valence-electron chi connectivity index (χ3n) is 5.33. The van der Waals surface area contributed by atoms with Crippen LogP contribution in [0.15, 0.2) is 36.4 Å². The zero-order chi connectivity index (χ0) is 21.9. The maximum absolute atomic E-state index is 12.5. The summed E-state index contributed by atoms with van der Waals surface area (Å²) in [6, 6.07) is 11.5. The second-order valence-electron chi connectivity index (χ2n) is 7.94. The van der Waals surface area contributed by atoms with Crippen molar-refractivity contribution in [3.8, 4) is 0 Å². The Labute approximate surface area is 178 Å². The molecule has 0 unspecified atom stereocenters. The van der Waals surface area contributed by atoms with E-state index in [1.165, 1.54) is 0 Å². The molecule has 0 spiro atoms. The summed E-state index contributed by atoms with van der Waals surface area (Å²) in [5, 5.41) is 2.88. The molecule has 0 radical (unpaired) electrons. The molecule has 0 atom stereocenters. The minimum absolute atomic E-state index is 0.0900. The Kier molecular flexibility index (Phi) is 6.61. The first-order valence-electron chi connectivity index (χ1n) is 10.1. The van der Waals surface area contributed by atoms with Gasteiger partial charge in [-0.05, 0) is 56.4 Å².